The van der Waals surface area contributed by atoms with Crippen molar-refractivity contribution in [3.05, 3.63) is 17.8 Å². The summed E-state index contributed by atoms with van der Waals surface area (Å²) < 4.78 is 0. The van der Waals surface area contributed by atoms with E-state index in [1.54, 1.807) is 0 Å². The van der Waals surface area contributed by atoms with Gasteiger partial charge in [0.1, 0.15) is 5.82 Å². The van der Waals surface area contributed by atoms with E-state index in [-0.39, 0.29) is 32.7 Å². The molecule has 0 saturated carbocycles. The Morgan fingerprint density at radius 3 is 2.75 bits per heavy atom. The Morgan fingerprint density at radius 1 is 1.25 bits per heavy atom. The molecule has 0 spiro atoms. The molecule has 5 heteroatoms. The van der Waals surface area contributed by atoms with Crippen molar-refractivity contribution < 1.29 is 32.7 Å². The second-order valence-electron chi connectivity index (χ2n) is 2.40. The maximum Gasteiger partial charge on any atom is 3.00 e. The monoisotopic (exact) mass is 236 g/mol. The van der Waals surface area contributed by atoms with E-state index in [2.05, 4.69) is 26.3 Å². The van der Waals surface area contributed by atoms with E-state index < -0.39 is 0 Å². The number of fused-ring (bicyclic) bond motifs is 1. The van der Waals surface area contributed by atoms with Crippen LogP contribution in [0.2, 0.25) is 0 Å². The summed E-state index contributed by atoms with van der Waals surface area (Å²) in [6, 6.07) is 0. The van der Waals surface area contributed by atoms with Crippen LogP contribution in [0.4, 0.5) is 0 Å². The van der Waals surface area contributed by atoms with Gasteiger partial charge in [-0.3, -0.25) is 9.97 Å². The van der Waals surface area contributed by atoms with Crippen molar-refractivity contribution in [1.82, 2.24) is 19.9 Å². The molecule has 2 rings (SSSR count). The molecule has 0 atom stereocenters. The van der Waals surface area contributed by atoms with Crippen molar-refractivity contribution >= 4 is 11.2 Å². The van der Waals surface area contributed by atoms with Crippen LogP contribution >= 0.6 is 0 Å². The number of hydrogen-bond donors (Lipinski definition) is 1. The van der Waals surface area contributed by atoms with Crippen LogP contribution in [-0.4, -0.2) is 19.9 Å². The maximum absolute atomic E-state index is 4.16. The Labute approximate surface area is 95.1 Å². The molecule has 0 aliphatic heterocycles. The van der Waals surface area contributed by atoms with E-state index >= 15 is 0 Å². The molecule has 56 valence electrons. The van der Waals surface area contributed by atoms with Gasteiger partial charge in [-0.1, -0.05) is 0 Å². The van der Waals surface area contributed by atoms with Gasteiger partial charge in [-0.25, -0.2) is 0 Å². The number of H-pyrrole nitrogens is 1. The zero-order valence-corrected chi connectivity index (χ0v) is 9.76. The molecule has 12 heavy (non-hydrogen) atoms. The molecule has 0 bridgehead atoms. The van der Waals surface area contributed by atoms with Crippen LogP contribution in [0.1, 0.15) is 11.5 Å². The quantitative estimate of drug-likeness (QED) is 0.687. The molecule has 1 N–H and O–H groups in total. The van der Waals surface area contributed by atoms with Crippen molar-refractivity contribution in [3.63, 3.8) is 0 Å². The zero-order chi connectivity index (χ0) is 7.84. The Bertz CT molecular complexity index is 395. The molecule has 2 heterocycles. The smallest absolute Gasteiger partial charge is 0.446 e. The van der Waals surface area contributed by atoms with E-state index in [9.17, 15) is 0 Å². The third kappa shape index (κ3) is 1.54. The van der Waals surface area contributed by atoms with Gasteiger partial charge in [0, 0.05) is 11.3 Å². The minimum Gasteiger partial charge on any atom is -0.446 e. The van der Waals surface area contributed by atoms with E-state index in [4.69, 9.17) is 0 Å². The summed E-state index contributed by atoms with van der Waals surface area (Å²) >= 11 is 0. The number of hydrogen-bond acceptors (Lipinski definition) is 3. The van der Waals surface area contributed by atoms with E-state index in [0.29, 0.717) is 0 Å². The number of aromatic amines is 1. The minimum atomic E-state index is 0. The number of rotatable bonds is 0. The Morgan fingerprint density at radius 2 is 2.00 bits per heavy atom. The molecule has 0 fully saturated rings. The standard InChI is InChI=1S/C7H7N4.Y/c1-4-6-7(9-3-8-6)11-5(2)10-4;/h1-2H3,(H,8,9,10,11);/q-1;+3. The first kappa shape index (κ1) is 9.74. The third-order valence-electron chi connectivity index (χ3n) is 1.51. The van der Waals surface area contributed by atoms with Gasteiger partial charge >= 0.3 is 32.7 Å². The average Bonchev–Trinajstić information content (AvgIpc) is 2.34. The zero-order valence-electron chi connectivity index (χ0n) is 6.92. The largest absolute Gasteiger partial charge is 3.00 e. The first-order chi connectivity index (χ1) is 5.27. The van der Waals surface area contributed by atoms with Crippen molar-refractivity contribution in [1.29, 1.82) is 0 Å². The van der Waals surface area contributed by atoms with Crippen molar-refractivity contribution in [2.24, 2.45) is 0 Å². The van der Waals surface area contributed by atoms with Crippen LogP contribution in [0, 0.1) is 20.2 Å². The molecule has 0 aliphatic carbocycles. The molecule has 4 nitrogen and oxygen atoms in total. The molecule has 2 aromatic heterocycles. The summed E-state index contributed by atoms with van der Waals surface area (Å²) in [5, 5.41) is 0. The number of nitrogens with zero attached hydrogens (tertiary/aromatic N) is 3. The summed E-state index contributed by atoms with van der Waals surface area (Å²) in [5.74, 6) is 0.757. The fourth-order valence-corrected chi connectivity index (χ4v) is 1.06. The summed E-state index contributed by atoms with van der Waals surface area (Å²) in [6.07, 6.45) is 2.63. The Kier molecular flexibility index (Phi) is 2.91. The van der Waals surface area contributed by atoms with E-state index in [1.807, 2.05) is 13.8 Å². The Hall–Kier alpha value is -0.346. The normalized spacial score (nSPS) is 9.83. The summed E-state index contributed by atoms with van der Waals surface area (Å²) in [5.41, 5.74) is 2.45. The molecule has 0 radical (unpaired) electrons. The van der Waals surface area contributed by atoms with Crippen LogP contribution in [0.5, 0.6) is 0 Å². The molecule has 0 amide bonds. The van der Waals surface area contributed by atoms with E-state index in [0.717, 1.165) is 22.7 Å². The molecule has 0 saturated heterocycles. The average molecular weight is 236 g/mol. The van der Waals surface area contributed by atoms with Crippen molar-refractivity contribution in [2.45, 2.75) is 13.8 Å². The number of aryl methyl sites for hydroxylation is 2. The minimum absolute atomic E-state index is 0. The van der Waals surface area contributed by atoms with Gasteiger partial charge in [-0.2, -0.15) is 0 Å². The SMILES string of the molecule is Cc1nc(C)c2n[c-][nH]c2n1.[Y+3]. The molecule has 2 aromatic rings. The van der Waals surface area contributed by atoms with Crippen molar-refractivity contribution in [2.75, 3.05) is 0 Å². The van der Waals surface area contributed by atoms with Crippen LogP contribution < -0.4 is 0 Å². The van der Waals surface area contributed by atoms with Crippen LogP contribution in [-0.2, 0) is 32.7 Å². The van der Waals surface area contributed by atoms with Gasteiger partial charge in [-0.05, 0) is 25.7 Å². The van der Waals surface area contributed by atoms with Crippen LogP contribution in [0.25, 0.3) is 11.2 Å². The molecule has 0 aromatic carbocycles. The second-order valence-corrected chi connectivity index (χ2v) is 2.40. The molecular weight excluding hydrogens is 229 g/mol. The fourth-order valence-electron chi connectivity index (χ4n) is 1.06. The topological polar surface area (TPSA) is 54.5 Å². The molecule has 0 unspecified atom stereocenters. The third-order valence-corrected chi connectivity index (χ3v) is 1.51. The van der Waals surface area contributed by atoms with Crippen molar-refractivity contribution in [3.8, 4) is 0 Å². The first-order valence-electron chi connectivity index (χ1n) is 3.34. The predicted molar refractivity (Wildman–Crippen MR) is 40.0 cm³/mol. The number of aromatic nitrogens is 4. The van der Waals surface area contributed by atoms with Gasteiger partial charge in [-0.15, -0.1) is 0 Å². The van der Waals surface area contributed by atoms with Gasteiger partial charge in [0.2, 0.25) is 0 Å². The number of nitrogens with one attached hydrogen (secondary N) is 1. The summed E-state index contributed by atoms with van der Waals surface area (Å²) in [7, 11) is 0. The van der Waals surface area contributed by atoms with Gasteiger partial charge in [0.05, 0.1) is 0 Å². The van der Waals surface area contributed by atoms with Gasteiger partial charge in [0.15, 0.2) is 0 Å². The summed E-state index contributed by atoms with van der Waals surface area (Å²) in [6.45, 7) is 3.76. The maximum atomic E-state index is 4.16. The predicted octanol–water partition coefficient (Wildman–Crippen LogP) is 0.767. The molecular formula is C7H7N4Y+2. The van der Waals surface area contributed by atoms with Crippen LogP contribution in [0.3, 0.4) is 0 Å². The van der Waals surface area contributed by atoms with E-state index in [1.165, 1.54) is 0 Å². The number of imidazole rings is 1. The van der Waals surface area contributed by atoms with Gasteiger partial charge < -0.3 is 9.97 Å². The van der Waals surface area contributed by atoms with Crippen LogP contribution in [0.15, 0.2) is 0 Å². The summed E-state index contributed by atoms with van der Waals surface area (Å²) in [4.78, 5) is 15.1. The second kappa shape index (κ2) is 3.58. The Balaban J connectivity index is 0.000000720. The van der Waals surface area contributed by atoms with Gasteiger partial charge in [0.25, 0.3) is 0 Å². The first-order valence-corrected chi connectivity index (χ1v) is 3.34. The fraction of sp³-hybridized carbons (Fsp3) is 0.286. The molecule has 0 aliphatic rings.